The van der Waals surface area contributed by atoms with Crippen LogP contribution in [0.15, 0.2) is 12.3 Å². The van der Waals surface area contributed by atoms with Gasteiger partial charge in [-0.2, -0.15) is 5.10 Å². The van der Waals surface area contributed by atoms with E-state index in [1.165, 1.54) is 0 Å². The molecule has 1 aromatic heterocycles. The van der Waals surface area contributed by atoms with Gasteiger partial charge in [-0.25, -0.2) is 4.79 Å². The summed E-state index contributed by atoms with van der Waals surface area (Å²) in [7, 11) is 1.87. The molecule has 15 heavy (non-hydrogen) atoms. The molecule has 82 valence electrons. The average molecular weight is 209 g/mol. The Morgan fingerprint density at radius 2 is 2.53 bits per heavy atom. The molecule has 6 heteroatoms. The Morgan fingerprint density at radius 1 is 1.67 bits per heavy atom. The molecule has 0 saturated carbocycles. The number of aromatic nitrogens is 2. The van der Waals surface area contributed by atoms with Gasteiger partial charge in [0.05, 0.1) is 0 Å². The predicted octanol–water partition coefficient (Wildman–Crippen LogP) is -0.143. The van der Waals surface area contributed by atoms with Crippen LogP contribution in [-0.2, 0) is 7.05 Å². The summed E-state index contributed by atoms with van der Waals surface area (Å²) in [5.41, 5.74) is 0. The summed E-state index contributed by atoms with van der Waals surface area (Å²) < 4.78 is 1.74. The van der Waals surface area contributed by atoms with E-state index in [0.29, 0.717) is 6.54 Å². The van der Waals surface area contributed by atoms with Crippen LogP contribution in [0.1, 0.15) is 0 Å². The number of amides is 2. The second kappa shape index (κ2) is 4.20. The first kappa shape index (κ1) is 9.82. The van der Waals surface area contributed by atoms with Crippen molar-refractivity contribution in [2.45, 2.75) is 0 Å². The molecule has 0 radical (unpaired) electrons. The molecule has 0 unspecified atom stereocenters. The third-order valence-electron chi connectivity index (χ3n) is 2.35. The molecule has 0 spiro atoms. The van der Waals surface area contributed by atoms with E-state index < -0.39 is 0 Å². The van der Waals surface area contributed by atoms with Gasteiger partial charge in [0.25, 0.3) is 0 Å². The van der Waals surface area contributed by atoms with Gasteiger partial charge in [0.15, 0.2) is 0 Å². The third kappa shape index (κ3) is 2.39. The SMILES string of the molecule is Cn1ccc(NCCN2CCNC2=O)n1. The first-order valence-electron chi connectivity index (χ1n) is 5.02. The smallest absolute Gasteiger partial charge is 0.317 e. The number of urea groups is 1. The van der Waals surface area contributed by atoms with E-state index in [2.05, 4.69) is 15.7 Å². The minimum atomic E-state index is 0.0258. The summed E-state index contributed by atoms with van der Waals surface area (Å²) in [4.78, 5) is 13.0. The number of nitrogens with one attached hydrogen (secondary N) is 2. The van der Waals surface area contributed by atoms with E-state index in [-0.39, 0.29) is 6.03 Å². The van der Waals surface area contributed by atoms with Gasteiger partial charge >= 0.3 is 6.03 Å². The highest BCUT2D eigenvalue weighted by Gasteiger charge is 2.18. The molecule has 0 atom stereocenters. The Bertz CT molecular complexity index is 348. The highest BCUT2D eigenvalue weighted by atomic mass is 16.2. The molecule has 1 fully saturated rings. The van der Waals surface area contributed by atoms with Gasteiger partial charge in [0.2, 0.25) is 0 Å². The summed E-state index contributed by atoms with van der Waals surface area (Å²) in [6, 6.07) is 1.93. The topological polar surface area (TPSA) is 62.2 Å². The number of nitrogens with zero attached hydrogens (tertiary/aromatic N) is 3. The van der Waals surface area contributed by atoms with Crippen LogP contribution in [0.5, 0.6) is 0 Å². The molecule has 1 aliphatic rings. The number of hydrogen-bond acceptors (Lipinski definition) is 3. The van der Waals surface area contributed by atoms with E-state index in [4.69, 9.17) is 0 Å². The van der Waals surface area contributed by atoms with Gasteiger partial charge < -0.3 is 15.5 Å². The second-order valence-corrected chi connectivity index (χ2v) is 3.52. The molecule has 1 aromatic rings. The molecular formula is C9H15N5O. The Kier molecular flexibility index (Phi) is 2.75. The van der Waals surface area contributed by atoms with Crippen molar-refractivity contribution in [1.29, 1.82) is 0 Å². The fourth-order valence-electron chi connectivity index (χ4n) is 1.55. The van der Waals surface area contributed by atoms with Crippen LogP contribution in [-0.4, -0.2) is 46.9 Å². The lowest BCUT2D eigenvalue weighted by molar-refractivity contribution is 0.219. The fraction of sp³-hybridized carbons (Fsp3) is 0.556. The quantitative estimate of drug-likeness (QED) is 0.725. The molecule has 0 aromatic carbocycles. The van der Waals surface area contributed by atoms with Crippen LogP contribution in [0.3, 0.4) is 0 Å². The second-order valence-electron chi connectivity index (χ2n) is 3.52. The van der Waals surface area contributed by atoms with Crippen LogP contribution >= 0.6 is 0 Å². The van der Waals surface area contributed by atoms with Crippen molar-refractivity contribution in [2.75, 3.05) is 31.5 Å². The number of carbonyl (C=O) groups excluding carboxylic acids is 1. The van der Waals surface area contributed by atoms with Crippen LogP contribution in [0.2, 0.25) is 0 Å². The normalized spacial score (nSPS) is 15.5. The minimum absolute atomic E-state index is 0.0258. The van der Waals surface area contributed by atoms with E-state index in [1.807, 2.05) is 19.3 Å². The maximum Gasteiger partial charge on any atom is 0.317 e. The van der Waals surface area contributed by atoms with Crippen molar-refractivity contribution in [3.63, 3.8) is 0 Å². The molecule has 2 N–H and O–H groups in total. The van der Waals surface area contributed by atoms with Crippen molar-refractivity contribution >= 4 is 11.8 Å². The highest BCUT2D eigenvalue weighted by Crippen LogP contribution is 2.01. The average Bonchev–Trinajstić information content (AvgIpc) is 2.77. The standard InChI is InChI=1S/C9H15N5O/c1-13-5-2-8(12-13)10-3-6-14-7-4-11-9(14)15/h2,5H,3-4,6-7H2,1H3,(H,10,12)(H,11,15). The van der Waals surface area contributed by atoms with Crippen molar-refractivity contribution < 1.29 is 4.79 Å². The van der Waals surface area contributed by atoms with E-state index in [1.54, 1.807) is 9.58 Å². The van der Waals surface area contributed by atoms with Gasteiger partial charge in [-0.05, 0) is 0 Å². The van der Waals surface area contributed by atoms with Crippen LogP contribution in [0, 0.1) is 0 Å². The maximum absolute atomic E-state index is 11.2. The number of anilines is 1. The summed E-state index contributed by atoms with van der Waals surface area (Å²) in [6.07, 6.45) is 1.88. The number of aryl methyl sites for hydroxylation is 1. The molecule has 2 amide bonds. The number of carbonyl (C=O) groups is 1. The zero-order valence-corrected chi connectivity index (χ0v) is 8.73. The Hall–Kier alpha value is -1.72. The molecule has 2 heterocycles. The van der Waals surface area contributed by atoms with Crippen LogP contribution < -0.4 is 10.6 Å². The zero-order chi connectivity index (χ0) is 10.7. The zero-order valence-electron chi connectivity index (χ0n) is 8.73. The first-order chi connectivity index (χ1) is 7.25. The van der Waals surface area contributed by atoms with Gasteiger partial charge in [0, 0.05) is 45.5 Å². The molecule has 1 saturated heterocycles. The highest BCUT2D eigenvalue weighted by molar-refractivity contribution is 5.76. The van der Waals surface area contributed by atoms with Crippen molar-refractivity contribution in [1.82, 2.24) is 20.0 Å². The Morgan fingerprint density at radius 3 is 3.13 bits per heavy atom. The lowest BCUT2D eigenvalue weighted by Gasteiger charge is -2.13. The maximum atomic E-state index is 11.2. The minimum Gasteiger partial charge on any atom is -0.367 e. The predicted molar refractivity (Wildman–Crippen MR) is 56.7 cm³/mol. The fourth-order valence-corrected chi connectivity index (χ4v) is 1.55. The van der Waals surface area contributed by atoms with Gasteiger partial charge in [-0.3, -0.25) is 4.68 Å². The number of hydrogen-bond donors (Lipinski definition) is 2. The van der Waals surface area contributed by atoms with Gasteiger partial charge in [-0.1, -0.05) is 0 Å². The summed E-state index contributed by atoms with van der Waals surface area (Å²) in [6.45, 7) is 2.98. The van der Waals surface area contributed by atoms with Gasteiger partial charge in [0.1, 0.15) is 5.82 Å². The lowest BCUT2D eigenvalue weighted by Crippen LogP contribution is -2.32. The lowest BCUT2D eigenvalue weighted by atomic mass is 10.5. The largest absolute Gasteiger partial charge is 0.367 e. The summed E-state index contributed by atoms with van der Waals surface area (Å²) in [5.74, 6) is 0.845. The summed E-state index contributed by atoms with van der Waals surface area (Å²) >= 11 is 0. The molecule has 0 aliphatic carbocycles. The molecule has 2 rings (SSSR count). The number of rotatable bonds is 4. The van der Waals surface area contributed by atoms with E-state index in [0.717, 1.165) is 25.5 Å². The van der Waals surface area contributed by atoms with Crippen molar-refractivity contribution in [3.05, 3.63) is 12.3 Å². The first-order valence-corrected chi connectivity index (χ1v) is 5.02. The summed E-state index contributed by atoms with van der Waals surface area (Å²) in [5, 5.41) is 10.1. The Labute approximate surface area is 88.2 Å². The molecule has 0 bridgehead atoms. The van der Waals surface area contributed by atoms with E-state index in [9.17, 15) is 4.79 Å². The Balaban J connectivity index is 1.73. The molecule has 6 nitrogen and oxygen atoms in total. The van der Waals surface area contributed by atoms with Crippen LogP contribution in [0.25, 0.3) is 0 Å². The van der Waals surface area contributed by atoms with Gasteiger partial charge in [-0.15, -0.1) is 0 Å². The monoisotopic (exact) mass is 209 g/mol. The molecule has 1 aliphatic heterocycles. The van der Waals surface area contributed by atoms with Crippen LogP contribution in [0.4, 0.5) is 10.6 Å². The van der Waals surface area contributed by atoms with Crippen molar-refractivity contribution in [2.24, 2.45) is 7.05 Å². The van der Waals surface area contributed by atoms with Crippen molar-refractivity contribution in [3.8, 4) is 0 Å². The van der Waals surface area contributed by atoms with E-state index >= 15 is 0 Å². The third-order valence-corrected chi connectivity index (χ3v) is 2.35. The molecular weight excluding hydrogens is 194 g/mol.